The molecule has 4 nitrogen and oxygen atoms in total. The second kappa shape index (κ2) is 6.33. The van der Waals surface area contributed by atoms with E-state index in [1.807, 2.05) is 0 Å². The van der Waals surface area contributed by atoms with E-state index in [0.29, 0.717) is 6.29 Å². The van der Waals surface area contributed by atoms with Crippen molar-refractivity contribution in [2.45, 2.75) is 18.0 Å². The van der Waals surface area contributed by atoms with Crippen LogP contribution in [0.1, 0.15) is 15.9 Å². The van der Waals surface area contributed by atoms with E-state index in [0.717, 1.165) is 7.11 Å². The van der Waals surface area contributed by atoms with Crippen molar-refractivity contribution in [2.75, 3.05) is 7.11 Å². The predicted molar refractivity (Wildman–Crippen MR) is 64.0 cm³/mol. The first-order valence-electron chi connectivity index (χ1n) is 4.90. The minimum Gasteiger partial charge on any atom is -0.380 e. The molecule has 3 N–H and O–H groups in total. The summed E-state index contributed by atoms with van der Waals surface area (Å²) in [5.74, 6) is 0. The van der Waals surface area contributed by atoms with Crippen molar-refractivity contribution in [3.05, 3.63) is 35.4 Å². The Morgan fingerprint density at radius 2 is 1.79 bits per heavy atom. The number of aliphatic hydroxyl groups excluding tert-OH is 1. The fourth-order valence-electron chi connectivity index (χ4n) is 1.45. The van der Waals surface area contributed by atoms with Gasteiger partial charge in [-0.05, 0) is 0 Å². The zero-order chi connectivity index (χ0) is 14.0. The third kappa shape index (κ3) is 3.66. The molecule has 108 valence electrons. The topological polar surface area (TPSA) is 72.5 Å². The molecule has 0 aliphatic carbocycles. The molecule has 0 amide bonds. The molecule has 0 saturated heterocycles. The van der Waals surface area contributed by atoms with Crippen molar-refractivity contribution in [1.29, 1.82) is 0 Å². The number of methoxy groups -OCH3 is 1. The Labute approximate surface area is 113 Å². The number of carbonyl (C=O) groups excluding carboxylic acids is 1. The van der Waals surface area contributed by atoms with Gasteiger partial charge < -0.3 is 9.84 Å². The average Bonchev–Trinajstić information content (AvgIpc) is 2.36. The molecule has 0 unspecified atom stereocenters. The standard InChI is InChI=1S/C11H12F3NO3.ClH/c1-18-10(15,9(17)11(12,13)14)8-4-2-7(6-16)3-5-8;/h2-6,9,17H,15H2,1H3;1H/t9-,10+;/m1./s1. The van der Waals surface area contributed by atoms with Gasteiger partial charge in [-0.2, -0.15) is 13.2 Å². The highest BCUT2D eigenvalue weighted by molar-refractivity contribution is 5.85. The zero-order valence-electron chi connectivity index (χ0n) is 9.85. The lowest BCUT2D eigenvalue weighted by atomic mass is 9.96. The summed E-state index contributed by atoms with van der Waals surface area (Å²) in [5.41, 5.74) is 3.24. The van der Waals surface area contributed by atoms with Crippen molar-refractivity contribution in [1.82, 2.24) is 0 Å². The number of nitrogens with two attached hydrogens (primary N) is 1. The minimum absolute atomic E-state index is 0. The van der Waals surface area contributed by atoms with Crippen LogP contribution in [-0.2, 0) is 10.5 Å². The lowest BCUT2D eigenvalue weighted by molar-refractivity contribution is -0.265. The smallest absolute Gasteiger partial charge is 0.380 e. The molecule has 0 aromatic heterocycles. The molecule has 0 heterocycles. The van der Waals surface area contributed by atoms with Crippen LogP contribution in [-0.4, -0.2) is 30.8 Å². The maximum atomic E-state index is 12.5. The first-order valence-corrected chi connectivity index (χ1v) is 4.90. The van der Waals surface area contributed by atoms with Crippen molar-refractivity contribution < 1.29 is 27.8 Å². The molecule has 1 aromatic rings. The van der Waals surface area contributed by atoms with Gasteiger partial charge in [0, 0.05) is 18.2 Å². The number of halogens is 4. The van der Waals surface area contributed by atoms with Crippen LogP contribution in [0.15, 0.2) is 24.3 Å². The van der Waals surface area contributed by atoms with Gasteiger partial charge in [-0.3, -0.25) is 10.5 Å². The molecule has 0 saturated carbocycles. The number of rotatable bonds is 4. The Kier molecular flexibility index (Phi) is 5.95. The summed E-state index contributed by atoms with van der Waals surface area (Å²) in [6, 6.07) is 4.96. The van der Waals surface area contributed by atoms with E-state index in [1.165, 1.54) is 24.3 Å². The van der Waals surface area contributed by atoms with E-state index in [9.17, 15) is 23.1 Å². The van der Waals surface area contributed by atoms with Gasteiger partial charge in [-0.1, -0.05) is 24.3 Å². The van der Waals surface area contributed by atoms with Gasteiger partial charge >= 0.3 is 6.18 Å². The molecule has 0 aliphatic rings. The Bertz CT molecular complexity index is 424. The van der Waals surface area contributed by atoms with E-state index in [2.05, 4.69) is 4.74 Å². The van der Waals surface area contributed by atoms with Crippen LogP contribution in [0.2, 0.25) is 0 Å². The minimum atomic E-state index is -4.92. The van der Waals surface area contributed by atoms with Crippen molar-refractivity contribution in [2.24, 2.45) is 5.73 Å². The first-order chi connectivity index (χ1) is 8.25. The fraction of sp³-hybridized carbons (Fsp3) is 0.364. The van der Waals surface area contributed by atoms with Crippen LogP contribution in [0.25, 0.3) is 0 Å². The monoisotopic (exact) mass is 299 g/mol. The van der Waals surface area contributed by atoms with Gasteiger partial charge in [0.2, 0.25) is 0 Å². The maximum absolute atomic E-state index is 12.5. The number of hydrogen-bond donors (Lipinski definition) is 2. The molecule has 0 bridgehead atoms. The first kappa shape index (κ1) is 17.8. The maximum Gasteiger partial charge on any atom is 0.418 e. The molecular weight excluding hydrogens is 287 g/mol. The molecule has 1 aromatic carbocycles. The molecule has 2 atom stereocenters. The molecule has 1 rings (SSSR count). The lowest BCUT2D eigenvalue weighted by Gasteiger charge is -2.34. The summed E-state index contributed by atoms with van der Waals surface area (Å²) < 4.78 is 42.1. The van der Waals surface area contributed by atoms with E-state index in [-0.39, 0.29) is 23.5 Å². The van der Waals surface area contributed by atoms with Crippen molar-refractivity contribution in [3.8, 4) is 0 Å². The van der Waals surface area contributed by atoms with Gasteiger partial charge in [-0.15, -0.1) is 12.4 Å². The fourth-order valence-corrected chi connectivity index (χ4v) is 1.45. The molecule has 0 aliphatic heterocycles. The second-order valence-electron chi connectivity index (χ2n) is 3.68. The Balaban J connectivity index is 0.00000324. The molecule has 0 radical (unpaired) electrons. The number of alkyl halides is 3. The highest BCUT2D eigenvalue weighted by atomic mass is 35.5. The van der Waals surface area contributed by atoms with Crippen LogP contribution in [0.4, 0.5) is 13.2 Å². The van der Waals surface area contributed by atoms with Gasteiger partial charge in [0.1, 0.15) is 6.29 Å². The summed E-state index contributed by atoms with van der Waals surface area (Å²) in [6.07, 6.45) is -7.26. The van der Waals surface area contributed by atoms with Crippen LogP contribution < -0.4 is 5.73 Å². The number of aldehydes is 1. The predicted octanol–water partition coefficient (Wildman–Crippen LogP) is 1.60. The summed E-state index contributed by atoms with van der Waals surface area (Å²) in [6.45, 7) is 0. The average molecular weight is 300 g/mol. The van der Waals surface area contributed by atoms with Crippen molar-refractivity contribution >= 4 is 18.7 Å². The lowest BCUT2D eigenvalue weighted by Crippen LogP contribution is -2.56. The van der Waals surface area contributed by atoms with Gasteiger partial charge in [0.25, 0.3) is 0 Å². The highest BCUT2D eigenvalue weighted by Crippen LogP contribution is 2.33. The zero-order valence-corrected chi connectivity index (χ0v) is 10.7. The normalized spacial score (nSPS) is 16.1. The van der Waals surface area contributed by atoms with Crippen LogP contribution >= 0.6 is 12.4 Å². The number of ether oxygens (including phenoxy) is 1. The van der Waals surface area contributed by atoms with Crippen molar-refractivity contribution in [3.63, 3.8) is 0 Å². The summed E-state index contributed by atoms with van der Waals surface area (Å²) in [4.78, 5) is 10.4. The second-order valence-corrected chi connectivity index (χ2v) is 3.68. The van der Waals surface area contributed by atoms with Crippen LogP contribution in [0, 0.1) is 0 Å². The Hall–Kier alpha value is -1.15. The number of hydrogen-bond acceptors (Lipinski definition) is 4. The highest BCUT2D eigenvalue weighted by Gasteiger charge is 2.52. The third-order valence-corrected chi connectivity index (χ3v) is 2.55. The quantitative estimate of drug-likeness (QED) is 0.654. The molecule has 8 heteroatoms. The Morgan fingerprint density at radius 3 is 2.11 bits per heavy atom. The number of aliphatic hydroxyl groups is 1. The molecule has 0 fully saturated rings. The number of carbonyl (C=O) groups is 1. The largest absolute Gasteiger partial charge is 0.418 e. The summed E-state index contributed by atoms with van der Waals surface area (Å²) >= 11 is 0. The summed E-state index contributed by atoms with van der Waals surface area (Å²) in [7, 11) is 0.961. The Morgan fingerprint density at radius 1 is 1.32 bits per heavy atom. The van der Waals surface area contributed by atoms with E-state index >= 15 is 0 Å². The molecule has 0 spiro atoms. The van der Waals surface area contributed by atoms with Gasteiger partial charge in [0.05, 0.1) is 0 Å². The third-order valence-electron chi connectivity index (χ3n) is 2.55. The van der Waals surface area contributed by atoms with E-state index < -0.39 is 18.0 Å². The van der Waals surface area contributed by atoms with Crippen LogP contribution in [0.3, 0.4) is 0 Å². The SMILES string of the molecule is CO[C@@](N)(c1ccc(C=O)cc1)[C@@H](O)C(F)(F)F.Cl. The van der Waals surface area contributed by atoms with Gasteiger partial charge in [0.15, 0.2) is 11.8 Å². The molecule has 19 heavy (non-hydrogen) atoms. The summed E-state index contributed by atoms with van der Waals surface area (Å²) in [5, 5.41) is 9.24. The van der Waals surface area contributed by atoms with Gasteiger partial charge in [-0.25, -0.2) is 0 Å². The van der Waals surface area contributed by atoms with E-state index in [1.54, 1.807) is 0 Å². The number of benzene rings is 1. The van der Waals surface area contributed by atoms with E-state index in [4.69, 9.17) is 5.73 Å². The van der Waals surface area contributed by atoms with Crippen LogP contribution in [0.5, 0.6) is 0 Å². The molecular formula is C11H13ClF3NO3.